The van der Waals surface area contributed by atoms with Crippen LogP contribution in [0.4, 0.5) is 5.69 Å². The van der Waals surface area contributed by atoms with E-state index in [9.17, 15) is 4.79 Å². The highest BCUT2D eigenvalue weighted by Crippen LogP contribution is 2.07. The first-order valence-corrected chi connectivity index (χ1v) is 6.08. The SMILES string of the molecule is Cc1cc(Cl)nc(Cn2ncc(N(C)C)cc2=O)n1. The summed E-state index contributed by atoms with van der Waals surface area (Å²) >= 11 is 5.86. The highest BCUT2D eigenvalue weighted by Gasteiger charge is 2.06. The quantitative estimate of drug-likeness (QED) is 0.788. The van der Waals surface area contributed by atoms with Gasteiger partial charge in [-0.2, -0.15) is 5.10 Å². The van der Waals surface area contributed by atoms with Gasteiger partial charge in [0.15, 0.2) is 5.82 Å². The van der Waals surface area contributed by atoms with Gasteiger partial charge in [-0.05, 0) is 13.0 Å². The molecule has 0 atom stereocenters. The highest BCUT2D eigenvalue weighted by molar-refractivity contribution is 6.29. The van der Waals surface area contributed by atoms with Gasteiger partial charge in [0.1, 0.15) is 11.7 Å². The van der Waals surface area contributed by atoms with E-state index >= 15 is 0 Å². The molecule has 0 bridgehead atoms. The number of aryl methyl sites for hydroxylation is 1. The first kappa shape index (κ1) is 13.5. The lowest BCUT2D eigenvalue weighted by atomic mass is 10.4. The number of aromatic nitrogens is 4. The van der Waals surface area contributed by atoms with Gasteiger partial charge >= 0.3 is 0 Å². The van der Waals surface area contributed by atoms with E-state index in [0.717, 1.165) is 11.4 Å². The summed E-state index contributed by atoms with van der Waals surface area (Å²) in [6, 6.07) is 3.18. The van der Waals surface area contributed by atoms with Crippen molar-refractivity contribution in [3.05, 3.63) is 45.4 Å². The van der Waals surface area contributed by atoms with Gasteiger partial charge in [0, 0.05) is 25.9 Å². The van der Waals surface area contributed by atoms with E-state index in [-0.39, 0.29) is 12.1 Å². The molecule has 19 heavy (non-hydrogen) atoms. The molecule has 0 fully saturated rings. The fraction of sp³-hybridized carbons (Fsp3) is 0.333. The van der Waals surface area contributed by atoms with Crippen LogP contribution in [0.2, 0.25) is 5.15 Å². The summed E-state index contributed by atoms with van der Waals surface area (Å²) in [6.45, 7) is 2.02. The number of hydrogen-bond acceptors (Lipinski definition) is 5. The molecular weight excluding hydrogens is 266 g/mol. The topological polar surface area (TPSA) is 63.9 Å². The second-order valence-corrected chi connectivity index (χ2v) is 4.74. The molecule has 2 aromatic heterocycles. The van der Waals surface area contributed by atoms with E-state index < -0.39 is 0 Å². The van der Waals surface area contributed by atoms with Gasteiger partial charge < -0.3 is 4.90 Å². The first-order valence-electron chi connectivity index (χ1n) is 5.70. The van der Waals surface area contributed by atoms with Crippen LogP contribution >= 0.6 is 11.6 Å². The Hall–Kier alpha value is -1.95. The van der Waals surface area contributed by atoms with Crippen LogP contribution in [-0.2, 0) is 6.54 Å². The zero-order chi connectivity index (χ0) is 14.0. The molecule has 2 heterocycles. The summed E-state index contributed by atoms with van der Waals surface area (Å²) in [5, 5.41) is 4.46. The van der Waals surface area contributed by atoms with E-state index in [4.69, 9.17) is 11.6 Å². The maximum atomic E-state index is 11.9. The van der Waals surface area contributed by atoms with Crippen molar-refractivity contribution >= 4 is 17.3 Å². The molecule has 0 unspecified atom stereocenters. The molecule has 0 radical (unpaired) electrons. The van der Waals surface area contributed by atoms with E-state index in [0.29, 0.717) is 11.0 Å². The first-order chi connectivity index (χ1) is 8.95. The Balaban J connectivity index is 2.31. The number of hydrogen-bond donors (Lipinski definition) is 0. The zero-order valence-electron chi connectivity index (χ0n) is 11.0. The monoisotopic (exact) mass is 279 g/mol. The molecule has 0 amide bonds. The summed E-state index contributed by atoms with van der Waals surface area (Å²) in [5.74, 6) is 0.470. The van der Waals surface area contributed by atoms with Gasteiger partial charge in [-0.15, -0.1) is 0 Å². The molecular formula is C12H14ClN5O. The molecule has 6 nitrogen and oxygen atoms in total. The second-order valence-electron chi connectivity index (χ2n) is 4.35. The van der Waals surface area contributed by atoms with E-state index in [2.05, 4.69) is 15.1 Å². The third-order valence-electron chi connectivity index (χ3n) is 2.53. The molecule has 0 aliphatic rings. The predicted octanol–water partition coefficient (Wildman–Crippen LogP) is 1.11. The number of halogens is 1. The van der Waals surface area contributed by atoms with Crippen molar-refractivity contribution in [2.45, 2.75) is 13.5 Å². The van der Waals surface area contributed by atoms with Gasteiger partial charge in [-0.1, -0.05) is 11.6 Å². The fourth-order valence-corrected chi connectivity index (χ4v) is 1.84. The lowest BCUT2D eigenvalue weighted by Gasteiger charge is -2.12. The van der Waals surface area contributed by atoms with E-state index in [1.54, 1.807) is 12.3 Å². The molecule has 0 spiro atoms. The third-order valence-corrected chi connectivity index (χ3v) is 2.73. The Bertz CT molecular complexity index is 633. The molecule has 0 aromatic carbocycles. The van der Waals surface area contributed by atoms with Crippen LogP contribution in [0.3, 0.4) is 0 Å². The van der Waals surface area contributed by atoms with Crippen molar-refractivity contribution in [3.8, 4) is 0 Å². The summed E-state index contributed by atoms with van der Waals surface area (Å²) in [6.07, 6.45) is 1.62. The maximum absolute atomic E-state index is 11.9. The van der Waals surface area contributed by atoms with Crippen LogP contribution in [-0.4, -0.2) is 33.8 Å². The minimum atomic E-state index is -0.201. The molecule has 0 N–H and O–H groups in total. The Morgan fingerprint density at radius 2 is 2.05 bits per heavy atom. The summed E-state index contributed by atoms with van der Waals surface area (Å²) in [7, 11) is 3.70. The van der Waals surface area contributed by atoms with Crippen molar-refractivity contribution in [1.29, 1.82) is 0 Å². The molecule has 0 saturated heterocycles. The van der Waals surface area contributed by atoms with Gasteiger partial charge in [0.05, 0.1) is 11.9 Å². The van der Waals surface area contributed by atoms with Crippen molar-refractivity contribution in [1.82, 2.24) is 19.7 Å². The van der Waals surface area contributed by atoms with Crippen molar-refractivity contribution in [2.75, 3.05) is 19.0 Å². The predicted molar refractivity (Wildman–Crippen MR) is 73.7 cm³/mol. The lowest BCUT2D eigenvalue weighted by molar-refractivity contribution is 0.612. The Kier molecular flexibility index (Phi) is 3.80. The molecule has 0 aliphatic heterocycles. The van der Waals surface area contributed by atoms with Gasteiger partial charge in [-0.3, -0.25) is 4.79 Å². The van der Waals surface area contributed by atoms with Crippen molar-refractivity contribution in [2.24, 2.45) is 0 Å². The zero-order valence-corrected chi connectivity index (χ0v) is 11.7. The van der Waals surface area contributed by atoms with Crippen molar-refractivity contribution < 1.29 is 0 Å². The molecule has 0 saturated carbocycles. The summed E-state index contributed by atoms with van der Waals surface area (Å²) < 4.78 is 1.30. The normalized spacial score (nSPS) is 10.5. The van der Waals surface area contributed by atoms with Crippen LogP contribution < -0.4 is 10.5 Å². The summed E-state index contributed by atoms with van der Waals surface area (Å²) in [5.41, 5.74) is 1.31. The van der Waals surface area contributed by atoms with Gasteiger partial charge in [-0.25, -0.2) is 14.6 Å². The highest BCUT2D eigenvalue weighted by atomic mass is 35.5. The van der Waals surface area contributed by atoms with E-state index in [1.165, 1.54) is 10.7 Å². The molecule has 2 rings (SSSR count). The number of nitrogens with zero attached hydrogens (tertiary/aromatic N) is 5. The summed E-state index contributed by atoms with van der Waals surface area (Å²) in [4.78, 5) is 22.0. The number of anilines is 1. The Morgan fingerprint density at radius 1 is 1.32 bits per heavy atom. The average Bonchev–Trinajstić information content (AvgIpc) is 2.30. The standard InChI is InChI=1S/C12H14ClN5O/c1-8-4-10(13)16-11(15-8)7-18-12(19)5-9(6-14-18)17(2)3/h4-6H,7H2,1-3H3. The molecule has 7 heteroatoms. The fourth-order valence-electron chi connectivity index (χ4n) is 1.58. The van der Waals surface area contributed by atoms with Crippen molar-refractivity contribution in [3.63, 3.8) is 0 Å². The van der Waals surface area contributed by atoms with Crippen LogP contribution in [0.1, 0.15) is 11.5 Å². The third kappa shape index (κ3) is 3.29. The number of rotatable bonds is 3. The molecule has 2 aromatic rings. The minimum absolute atomic E-state index is 0.201. The van der Waals surface area contributed by atoms with Gasteiger partial charge in [0.2, 0.25) is 0 Å². The van der Waals surface area contributed by atoms with Crippen LogP contribution in [0.15, 0.2) is 23.1 Å². The average molecular weight is 280 g/mol. The van der Waals surface area contributed by atoms with Crippen LogP contribution in [0.5, 0.6) is 0 Å². The second kappa shape index (κ2) is 5.36. The largest absolute Gasteiger partial charge is 0.376 e. The van der Waals surface area contributed by atoms with Crippen LogP contribution in [0.25, 0.3) is 0 Å². The van der Waals surface area contributed by atoms with E-state index in [1.807, 2.05) is 25.9 Å². The minimum Gasteiger partial charge on any atom is -0.376 e. The van der Waals surface area contributed by atoms with Crippen LogP contribution in [0, 0.1) is 6.92 Å². The molecule has 0 aliphatic carbocycles. The smallest absolute Gasteiger partial charge is 0.269 e. The van der Waals surface area contributed by atoms with Gasteiger partial charge in [0.25, 0.3) is 5.56 Å². The lowest BCUT2D eigenvalue weighted by Crippen LogP contribution is -2.25. The Labute approximate surface area is 115 Å². The maximum Gasteiger partial charge on any atom is 0.269 e. The molecule has 100 valence electrons. The Morgan fingerprint density at radius 3 is 2.63 bits per heavy atom.